The van der Waals surface area contributed by atoms with Crippen LogP contribution in [0.4, 0.5) is 13.2 Å². The Bertz CT molecular complexity index is 549. The molecule has 1 aliphatic rings. The van der Waals surface area contributed by atoms with Gasteiger partial charge in [-0.15, -0.1) is 0 Å². The molecule has 1 fully saturated rings. The van der Waals surface area contributed by atoms with E-state index in [1.807, 2.05) is 31.2 Å². The molecule has 1 aliphatic heterocycles. The van der Waals surface area contributed by atoms with Crippen molar-refractivity contribution in [3.05, 3.63) is 35.4 Å². The summed E-state index contributed by atoms with van der Waals surface area (Å²) >= 11 is 0. The van der Waals surface area contributed by atoms with E-state index in [2.05, 4.69) is 0 Å². The van der Waals surface area contributed by atoms with E-state index in [9.17, 15) is 23.1 Å². The van der Waals surface area contributed by atoms with E-state index in [0.29, 0.717) is 0 Å². The van der Waals surface area contributed by atoms with Crippen LogP contribution in [0, 0.1) is 6.92 Å². The Balaban J connectivity index is 2.04. The number of alkyl halides is 3. The van der Waals surface area contributed by atoms with E-state index in [4.69, 9.17) is 0 Å². The molecule has 1 atom stereocenters. The van der Waals surface area contributed by atoms with Crippen molar-refractivity contribution >= 4 is 5.91 Å². The Hall–Kier alpha value is -1.56. The van der Waals surface area contributed by atoms with Crippen LogP contribution < -0.4 is 0 Å². The fraction of sp³-hybridized carbons (Fsp3) is 0.562. The highest BCUT2D eigenvalue weighted by Gasteiger charge is 2.55. The second-order valence-corrected chi connectivity index (χ2v) is 5.99. The molecule has 1 unspecified atom stereocenters. The number of halogens is 3. The van der Waals surface area contributed by atoms with E-state index in [1.165, 1.54) is 4.90 Å². The third-order valence-corrected chi connectivity index (χ3v) is 4.34. The number of aryl methyl sites for hydroxylation is 1. The van der Waals surface area contributed by atoms with E-state index in [0.717, 1.165) is 11.1 Å². The third kappa shape index (κ3) is 3.27. The number of benzene rings is 1. The molecule has 0 spiro atoms. The zero-order valence-corrected chi connectivity index (χ0v) is 12.7. The van der Waals surface area contributed by atoms with Crippen LogP contribution in [-0.2, 0) is 4.79 Å². The average Bonchev–Trinajstić information content (AvgIpc) is 2.45. The molecule has 1 aromatic carbocycles. The molecule has 22 heavy (non-hydrogen) atoms. The van der Waals surface area contributed by atoms with Crippen molar-refractivity contribution in [2.45, 2.75) is 44.4 Å². The largest absolute Gasteiger partial charge is 0.417 e. The number of piperidine rings is 1. The first-order valence-corrected chi connectivity index (χ1v) is 7.28. The molecule has 3 nitrogen and oxygen atoms in total. The Morgan fingerprint density at radius 3 is 2.41 bits per heavy atom. The second kappa shape index (κ2) is 5.91. The quantitative estimate of drug-likeness (QED) is 0.911. The van der Waals surface area contributed by atoms with Crippen LogP contribution in [0.3, 0.4) is 0 Å². The molecule has 2 rings (SSSR count). The molecule has 1 amide bonds. The van der Waals surface area contributed by atoms with Gasteiger partial charge in [0.15, 0.2) is 5.60 Å². The lowest BCUT2D eigenvalue weighted by Crippen LogP contribution is -2.54. The van der Waals surface area contributed by atoms with Crippen LogP contribution >= 0.6 is 0 Å². The molecule has 1 saturated heterocycles. The topological polar surface area (TPSA) is 40.5 Å². The number of rotatable bonds is 2. The second-order valence-electron chi connectivity index (χ2n) is 5.99. The van der Waals surface area contributed by atoms with Gasteiger partial charge in [-0.05, 0) is 19.4 Å². The van der Waals surface area contributed by atoms with Gasteiger partial charge in [-0.1, -0.05) is 29.8 Å². The lowest BCUT2D eigenvalue weighted by molar-refractivity contribution is -0.272. The number of nitrogens with zero attached hydrogens (tertiary/aromatic N) is 1. The SMILES string of the molecule is Cc1cccc(C(C)C(=O)N2CCC(O)(C(F)(F)F)CC2)c1. The molecule has 1 heterocycles. The van der Waals surface area contributed by atoms with Gasteiger partial charge in [-0.25, -0.2) is 0 Å². The van der Waals surface area contributed by atoms with Crippen LogP contribution in [0.2, 0.25) is 0 Å². The van der Waals surface area contributed by atoms with Gasteiger partial charge in [0, 0.05) is 25.9 Å². The molecule has 6 heteroatoms. The molecule has 0 bridgehead atoms. The summed E-state index contributed by atoms with van der Waals surface area (Å²) in [5.41, 5.74) is -0.792. The summed E-state index contributed by atoms with van der Waals surface area (Å²) in [5, 5.41) is 9.64. The smallest absolute Gasteiger partial charge is 0.380 e. The Morgan fingerprint density at radius 2 is 1.91 bits per heavy atom. The number of likely N-dealkylation sites (tertiary alicyclic amines) is 1. The zero-order chi connectivity index (χ0) is 16.5. The molecule has 0 radical (unpaired) electrons. The monoisotopic (exact) mass is 315 g/mol. The van der Waals surface area contributed by atoms with Crippen LogP contribution in [0.25, 0.3) is 0 Å². The molecule has 1 N–H and O–H groups in total. The van der Waals surface area contributed by atoms with E-state index < -0.39 is 30.5 Å². The van der Waals surface area contributed by atoms with E-state index in [1.54, 1.807) is 6.92 Å². The molecule has 1 aromatic rings. The predicted octanol–water partition coefficient (Wildman–Crippen LogP) is 3.01. The minimum Gasteiger partial charge on any atom is -0.380 e. The fourth-order valence-electron chi connectivity index (χ4n) is 2.74. The van der Waals surface area contributed by atoms with Crippen molar-refractivity contribution in [2.75, 3.05) is 13.1 Å². The van der Waals surface area contributed by atoms with E-state index in [-0.39, 0.29) is 19.0 Å². The molecule has 0 saturated carbocycles. The Labute approximate surface area is 127 Å². The standard InChI is InChI=1S/C16H20F3NO2/c1-11-4-3-5-13(10-11)12(2)14(21)20-8-6-15(22,7-9-20)16(17,18)19/h3-5,10,12,22H,6-9H2,1-2H3. The first-order chi connectivity index (χ1) is 10.1. The van der Waals surface area contributed by atoms with Gasteiger partial charge in [0.1, 0.15) is 0 Å². The maximum absolute atomic E-state index is 12.8. The van der Waals surface area contributed by atoms with Crippen molar-refractivity contribution in [1.82, 2.24) is 4.90 Å². The summed E-state index contributed by atoms with van der Waals surface area (Å²) < 4.78 is 38.3. The summed E-state index contributed by atoms with van der Waals surface area (Å²) in [4.78, 5) is 13.8. The minimum absolute atomic E-state index is 0.0784. The number of carbonyl (C=O) groups excluding carboxylic acids is 1. The molecule has 0 aliphatic carbocycles. The van der Waals surface area contributed by atoms with E-state index >= 15 is 0 Å². The lowest BCUT2D eigenvalue weighted by atomic mass is 9.89. The number of aliphatic hydroxyl groups is 1. The van der Waals surface area contributed by atoms with Crippen molar-refractivity contribution in [3.63, 3.8) is 0 Å². The Kier molecular flexibility index (Phi) is 4.52. The van der Waals surface area contributed by atoms with Crippen LogP contribution in [-0.4, -0.2) is 40.8 Å². The van der Waals surface area contributed by atoms with Gasteiger partial charge in [-0.2, -0.15) is 13.2 Å². The summed E-state index contributed by atoms with van der Waals surface area (Å²) in [6.07, 6.45) is -5.59. The first kappa shape index (κ1) is 16.8. The normalized spacial score (nSPS) is 19.8. The zero-order valence-electron chi connectivity index (χ0n) is 12.7. The minimum atomic E-state index is -4.65. The van der Waals surface area contributed by atoms with Gasteiger partial charge in [-0.3, -0.25) is 4.79 Å². The van der Waals surface area contributed by atoms with Gasteiger partial charge < -0.3 is 10.0 Å². The molecular weight excluding hydrogens is 295 g/mol. The third-order valence-electron chi connectivity index (χ3n) is 4.34. The summed E-state index contributed by atoms with van der Waals surface area (Å²) in [6.45, 7) is 3.52. The number of carbonyl (C=O) groups is 1. The van der Waals surface area contributed by atoms with Crippen molar-refractivity contribution in [2.24, 2.45) is 0 Å². The number of hydrogen-bond acceptors (Lipinski definition) is 2. The lowest BCUT2D eigenvalue weighted by Gasteiger charge is -2.39. The van der Waals surface area contributed by atoms with Crippen molar-refractivity contribution in [1.29, 1.82) is 0 Å². The summed E-state index contributed by atoms with van der Waals surface area (Å²) in [5.74, 6) is -0.605. The first-order valence-electron chi connectivity index (χ1n) is 7.28. The maximum atomic E-state index is 12.8. The van der Waals surface area contributed by atoms with Crippen molar-refractivity contribution in [3.8, 4) is 0 Å². The molecule has 0 aromatic heterocycles. The van der Waals surface area contributed by atoms with Gasteiger partial charge in [0.2, 0.25) is 5.91 Å². The number of hydrogen-bond donors (Lipinski definition) is 1. The van der Waals surface area contributed by atoms with Crippen LogP contribution in [0.5, 0.6) is 0 Å². The highest BCUT2D eigenvalue weighted by molar-refractivity contribution is 5.83. The van der Waals surface area contributed by atoms with Gasteiger partial charge in [0.05, 0.1) is 5.92 Å². The summed E-state index contributed by atoms with van der Waals surface area (Å²) in [6, 6.07) is 7.52. The van der Waals surface area contributed by atoms with Crippen molar-refractivity contribution < 1.29 is 23.1 Å². The van der Waals surface area contributed by atoms with Crippen LogP contribution in [0.1, 0.15) is 36.8 Å². The highest BCUT2D eigenvalue weighted by atomic mass is 19.4. The van der Waals surface area contributed by atoms with Gasteiger partial charge >= 0.3 is 6.18 Å². The van der Waals surface area contributed by atoms with Gasteiger partial charge in [0.25, 0.3) is 0 Å². The average molecular weight is 315 g/mol. The Morgan fingerprint density at radius 1 is 1.32 bits per heavy atom. The molecular formula is C16H20F3NO2. The summed E-state index contributed by atoms with van der Waals surface area (Å²) in [7, 11) is 0. The number of amides is 1. The van der Waals surface area contributed by atoms with Crippen LogP contribution in [0.15, 0.2) is 24.3 Å². The maximum Gasteiger partial charge on any atom is 0.417 e. The molecule has 122 valence electrons. The predicted molar refractivity (Wildman–Crippen MR) is 76.4 cm³/mol. The fourth-order valence-corrected chi connectivity index (χ4v) is 2.74. The highest BCUT2D eigenvalue weighted by Crippen LogP contribution is 2.38.